The largest absolute Gasteiger partial charge is 0.363 e. The molecule has 1 aliphatic rings. The van der Waals surface area contributed by atoms with E-state index in [0.29, 0.717) is 11.2 Å². The van der Waals surface area contributed by atoms with Gasteiger partial charge in [0.2, 0.25) is 5.52 Å². The number of aromatic nitrogens is 2. The van der Waals surface area contributed by atoms with Gasteiger partial charge in [0.15, 0.2) is 0 Å². The fourth-order valence-corrected chi connectivity index (χ4v) is 2.57. The number of fused-ring (bicyclic) bond motifs is 1. The van der Waals surface area contributed by atoms with Crippen LogP contribution in [0, 0.1) is 10.1 Å². The van der Waals surface area contributed by atoms with Crippen LogP contribution in [0.15, 0.2) is 16.8 Å². The lowest BCUT2D eigenvalue weighted by Gasteiger charge is -2.35. The first kappa shape index (κ1) is 12.8. The lowest BCUT2D eigenvalue weighted by Crippen LogP contribution is -2.46. The Hall–Kier alpha value is -2.22. The van der Waals surface area contributed by atoms with Crippen LogP contribution in [0.1, 0.15) is 6.92 Å². The summed E-state index contributed by atoms with van der Waals surface area (Å²) < 4.78 is 4.60. The Kier molecular flexibility index (Phi) is 3.23. The van der Waals surface area contributed by atoms with E-state index in [0.717, 1.165) is 32.7 Å². The van der Waals surface area contributed by atoms with Crippen LogP contribution in [0.5, 0.6) is 0 Å². The number of anilines is 1. The van der Waals surface area contributed by atoms with E-state index in [9.17, 15) is 10.1 Å². The number of rotatable bonds is 3. The van der Waals surface area contributed by atoms with Crippen LogP contribution >= 0.6 is 0 Å². The van der Waals surface area contributed by atoms with Crippen molar-refractivity contribution in [3.8, 4) is 0 Å². The number of piperazine rings is 1. The first-order valence-corrected chi connectivity index (χ1v) is 6.57. The Balaban J connectivity index is 1.99. The van der Waals surface area contributed by atoms with Gasteiger partial charge >= 0.3 is 5.69 Å². The molecule has 8 nitrogen and oxygen atoms in total. The van der Waals surface area contributed by atoms with Crippen LogP contribution in [0.4, 0.5) is 11.4 Å². The Morgan fingerprint density at radius 1 is 1.30 bits per heavy atom. The summed E-state index contributed by atoms with van der Waals surface area (Å²) in [5.41, 5.74) is 1.20. The van der Waals surface area contributed by atoms with Gasteiger partial charge in [-0.2, -0.15) is 0 Å². The van der Waals surface area contributed by atoms with Crippen LogP contribution in [0.25, 0.3) is 11.0 Å². The first-order chi connectivity index (χ1) is 9.70. The van der Waals surface area contributed by atoms with Gasteiger partial charge in [0.25, 0.3) is 0 Å². The van der Waals surface area contributed by atoms with Gasteiger partial charge in [-0.15, -0.1) is 0 Å². The van der Waals surface area contributed by atoms with Crippen LogP contribution in [0.3, 0.4) is 0 Å². The third-order valence-electron chi connectivity index (χ3n) is 3.72. The molecule has 1 fully saturated rings. The Morgan fingerprint density at radius 2 is 2.05 bits per heavy atom. The molecule has 1 saturated heterocycles. The molecule has 8 heteroatoms. The highest BCUT2D eigenvalue weighted by atomic mass is 16.6. The molecule has 1 aliphatic heterocycles. The Labute approximate surface area is 115 Å². The van der Waals surface area contributed by atoms with Gasteiger partial charge in [-0.1, -0.05) is 6.92 Å². The minimum Gasteiger partial charge on any atom is -0.363 e. The van der Waals surface area contributed by atoms with Gasteiger partial charge < -0.3 is 9.80 Å². The summed E-state index contributed by atoms with van der Waals surface area (Å²) in [7, 11) is 0. The smallest absolute Gasteiger partial charge is 0.323 e. The molecule has 20 heavy (non-hydrogen) atoms. The monoisotopic (exact) mass is 277 g/mol. The van der Waals surface area contributed by atoms with E-state index < -0.39 is 4.92 Å². The van der Waals surface area contributed by atoms with E-state index in [4.69, 9.17) is 0 Å². The Bertz CT molecular complexity index is 633. The summed E-state index contributed by atoms with van der Waals surface area (Å²) in [6, 6.07) is 3.44. The fraction of sp³-hybridized carbons (Fsp3) is 0.500. The molecule has 0 saturated carbocycles. The second-order valence-corrected chi connectivity index (χ2v) is 4.74. The van der Waals surface area contributed by atoms with Crippen molar-refractivity contribution in [3.05, 3.63) is 22.2 Å². The number of hydrogen-bond donors (Lipinski definition) is 0. The van der Waals surface area contributed by atoms with Crippen molar-refractivity contribution >= 4 is 22.4 Å². The standard InChI is InChI=1S/C12H15N5O3/c1-2-15-5-7-16(8-6-15)10-4-3-9-11(14-20-13-9)12(10)17(18)19/h3-4H,2,5-8H2,1H3. The zero-order valence-electron chi connectivity index (χ0n) is 11.2. The molecule has 1 aromatic carbocycles. The van der Waals surface area contributed by atoms with Crippen molar-refractivity contribution in [2.75, 3.05) is 37.6 Å². The number of benzene rings is 1. The topological polar surface area (TPSA) is 88.5 Å². The van der Waals surface area contributed by atoms with E-state index in [1.54, 1.807) is 12.1 Å². The average Bonchev–Trinajstić information content (AvgIpc) is 2.94. The zero-order chi connectivity index (χ0) is 14.1. The maximum absolute atomic E-state index is 11.4. The summed E-state index contributed by atoms with van der Waals surface area (Å²) in [4.78, 5) is 15.3. The number of nitro groups is 1. The molecule has 0 atom stereocenters. The minimum atomic E-state index is -0.409. The quantitative estimate of drug-likeness (QED) is 0.616. The summed E-state index contributed by atoms with van der Waals surface area (Å²) in [6.07, 6.45) is 0. The number of nitrogens with zero attached hydrogens (tertiary/aromatic N) is 5. The molecule has 0 N–H and O–H groups in total. The predicted molar refractivity (Wildman–Crippen MR) is 72.8 cm³/mol. The molecule has 0 radical (unpaired) electrons. The second-order valence-electron chi connectivity index (χ2n) is 4.74. The summed E-state index contributed by atoms with van der Waals surface area (Å²) in [5.74, 6) is 0. The molecule has 2 heterocycles. The highest BCUT2D eigenvalue weighted by Gasteiger charge is 2.27. The summed E-state index contributed by atoms with van der Waals surface area (Å²) in [6.45, 7) is 6.47. The van der Waals surface area contributed by atoms with Gasteiger partial charge in [-0.25, -0.2) is 4.63 Å². The van der Waals surface area contributed by atoms with E-state index in [2.05, 4.69) is 26.8 Å². The normalized spacial score (nSPS) is 16.8. The highest BCUT2D eigenvalue weighted by molar-refractivity contribution is 5.91. The number of nitro benzene ring substituents is 1. The zero-order valence-corrected chi connectivity index (χ0v) is 11.2. The van der Waals surface area contributed by atoms with Gasteiger partial charge in [-0.05, 0) is 29.0 Å². The molecule has 0 spiro atoms. The Morgan fingerprint density at radius 3 is 2.70 bits per heavy atom. The molecule has 0 aliphatic carbocycles. The van der Waals surface area contributed by atoms with E-state index >= 15 is 0 Å². The van der Waals surface area contributed by atoms with Crippen molar-refractivity contribution in [2.24, 2.45) is 0 Å². The van der Waals surface area contributed by atoms with Crippen LogP contribution in [0.2, 0.25) is 0 Å². The summed E-state index contributed by atoms with van der Waals surface area (Å²) >= 11 is 0. The number of likely N-dealkylation sites (N-methyl/N-ethyl adjacent to an activating group) is 1. The maximum atomic E-state index is 11.4. The third-order valence-corrected chi connectivity index (χ3v) is 3.72. The van der Waals surface area contributed by atoms with E-state index in [-0.39, 0.29) is 11.2 Å². The van der Waals surface area contributed by atoms with E-state index in [1.807, 2.05) is 4.90 Å². The van der Waals surface area contributed by atoms with E-state index in [1.165, 1.54) is 0 Å². The van der Waals surface area contributed by atoms with Crippen molar-refractivity contribution in [2.45, 2.75) is 6.92 Å². The maximum Gasteiger partial charge on any atom is 0.323 e. The molecule has 1 aromatic heterocycles. The van der Waals surface area contributed by atoms with Gasteiger partial charge in [0.1, 0.15) is 11.2 Å². The van der Waals surface area contributed by atoms with Crippen molar-refractivity contribution < 1.29 is 9.55 Å². The van der Waals surface area contributed by atoms with Gasteiger partial charge in [-0.3, -0.25) is 10.1 Å². The number of hydrogen-bond acceptors (Lipinski definition) is 7. The molecule has 0 amide bonds. The molecular weight excluding hydrogens is 262 g/mol. The summed E-state index contributed by atoms with van der Waals surface area (Å²) in [5, 5.41) is 18.7. The molecule has 0 unspecified atom stereocenters. The lowest BCUT2D eigenvalue weighted by atomic mass is 10.2. The first-order valence-electron chi connectivity index (χ1n) is 6.57. The molecule has 3 rings (SSSR count). The average molecular weight is 277 g/mol. The van der Waals surface area contributed by atoms with Crippen LogP contribution < -0.4 is 4.90 Å². The fourth-order valence-electron chi connectivity index (χ4n) is 2.57. The van der Waals surface area contributed by atoms with Crippen LogP contribution in [-0.2, 0) is 0 Å². The van der Waals surface area contributed by atoms with Crippen LogP contribution in [-0.4, -0.2) is 52.9 Å². The van der Waals surface area contributed by atoms with Crippen molar-refractivity contribution in [1.82, 2.24) is 15.2 Å². The second kappa shape index (κ2) is 5.04. The van der Waals surface area contributed by atoms with Crippen molar-refractivity contribution in [1.29, 1.82) is 0 Å². The predicted octanol–water partition coefficient (Wildman–Crippen LogP) is 1.27. The lowest BCUT2D eigenvalue weighted by molar-refractivity contribution is -0.382. The SMILES string of the molecule is CCN1CCN(c2ccc3nonc3c2[N+](=O)[O-])CC1. The molecule has 2 aromatic rings. The van der Waals surface area contributed by atoms with Gasteiger partial charge in [0.05, 0.1) is 4.92 Å². The molecule has 106 valence electrons. The highest BCUT2D eigenvalue weighted by Crippen LogP contribution is 2.34. The minimum absolute atomic E-state index is 0.0197. The third kappa shape index (κ3) is 2.07. The van der Waals surface area contributed by atoms with Gasteiger partial charge in [0, 0.05) is 26.2 Å². The molecular formula is C12H15N5O3. The van der Waals surface area contributed by atoms with Crippen molar-refractivity contribution in [3.63, 3.8) is 0 Å². The molecule has 0 bridgehead atoms.